The molecule has 22 heavy (non-hydrogen) atoms. The van der Waals surface area contributed by atoms with E-state index in [1.165, 1.54) is 19.3 Å². The van der Waals surface area contributed by atoms with Gasteiger partial charge in [-0.2, -0.15) is 0 Å². The highest BCUT2D eigenvalue weighted by Crippen LogP contribution is 2.65. The van der Waals surface area contributed by atoms with Crippen LogP contribution in [-0.2, 0) is 4.79 Å². The summed E-state index contributed by atoms with van der Waals surface area (Å²) in [6, 6.07) is 0. The summed E-state index contributed by atoms with van der Waals surface area (Å²) in [6.45, 7) is 6.91. The Morgan fingerprint density at radius 1 is 1.09 bits per heavy atom. The highest BCUT2D eigenvalue weighted by atomic mass is 16.3. The molecule has 3 unspecified atom stereocenters. The summed E-state index contributed by atoms with van der Waals surface area (Å²) in [4.78, 5) is 12.4. The van der Waals surface area contributed by atoms with Crippen molar-refractivity contribution in [2.45, 2.75) is 65.4 Å². The van der Waals surface area contributed by atoms with Crippen LogP contribution in [0.2, 0.25) is 0 Å². The molecule has 0 saturated heterocycles. The molecule has 4 aliphatic carbocycles. The molecule has 0 spiro atoms. The zero-order chi connectivity index (χ0) is 15.7. The summed E-state index contributed by atoms with van der Waals surface area (Å²) in [5.74, 6) is 3.56. The van der Waals surface area contributed by atoms with Crippen LogP contribution in [-0.4, -0.2) is 17.0 Å². The van der Waals surface area contributed by atoms with Crippen molar-refractivity contribution in [2.75, 3.05) is 0 Å². The van der Waals surface area contributed by atoms with Crippen LogP contribution >= 0.6 is 0 Å². The third-order valence-electron chi connectivity index (χ3n) is 8.38. The first kappa shape index (κ1) is 14.9. The fraction of sp³-hybridized carbons (Fsp3) is 0.850. The lowest BCUT2D eigenvalue weighted by Crippen LogP contribution is -2.54. The molecule has 3 fully saturated rings. The lowest BCUT2D eigenvalue weighted by atomic mass is 9.45. The van der Waals surface area contributed by atoms with Crippen molar-refractivity contribution in [3.8, 4) is 0 Å². The molecule has 1 N–H and O–H groups in total. The van der Waals surface area contributed by atoms with E-state index < -0.39 is 0 Å². The third-order valence-corrected chi connectivity index (χ3v) is 8.38. The standard InChI is InChI=1S/C20H30O2/c1-12-14-5-4-13-15-6-7-18(22)20(15,3)10-8-16(13)19(14,2)11-9-17(12)21/h9,11-17,21H,4-8,10H2,1-3H3/t12?,13-,14?,15-,16+,17?,19-,20-/m0/s1. The number of hydrogen-bond donors (Lipinski definition) is 1. The molecule has 4 aliphatic rings. The van der Waals surface area contributed by atoms with Crippen LogP contribution < -0.4 is 0 Å². The Balaban J connectivity index is 1.70. The van der Waals surface area contributed by atoms with E-state index in [2.05, 4.69) is 32.9 Å². The van der Waals surface area contributed by atoms with Crippen LogP contribution in [0.15, 0.2) is 12.2 Å². The highest BCUT2D eigenvalue weighted by Gasteiger charge is 2.60. The Labute approximate surface area is 134 Å². The van der Waals surface area contributed by atoms with Gasteiger partial charge in [0, 0.05) is 11.8 Å². The van der Waals surface area contributed by atoms with Gasteiger partial charge in [0.1, 0.15) is 5.78 Å². The monoisotopic (exact) mass is 302 g/mol. The van der Waals surface area contributed by atoms with Crippen LogP contribution in [0, 0.1) is 40.4 Å². The molecule has 0 aromatic rings. The van der Waals surface area contributed by atoms with Crippen molar-refractivity contribution in [1.82, 2.24) is 0 Å². The second-order valence-corrected chi connectivity index (χ2v) is 9.05. The average Bonchev–Trinajstić information content (AvgIpc) is 2.79. The normalized spacial score (nSPS) is 57.2. The molecule has 0 aromatic heterocycles. The summed E-state index contributed by atoms with van der Waals surface area (Å²) in [5, 5.41) is 10.2. The Bertz CT molecular complexity index is 524. The van der Waals surface area contributed by atoms with Gasteiger partial charge < -0.3 is 5.11 Å². The van der Waals surface area contributed by atoms with E-state index in [1.54, 1.807) is 0 Å². The molecule has 0 aromatic carbocycles. The second-order valence-electron chi connectivity index (χ2n) is 9.05. The van der Waals surface area contributed by atoms with Gasteiger partial charge in [0.2, 0.25) is 0 Å². The molecule has 0 radical (unpaired) electrons. The average molecular weight is 302 g/mol. The summed E-state index contributed by atoms with van der Waals surface area (Å²) >= 11 is 0. The molecule has 122 valence electrons. The predicted molar refractivity (Wildman–Crippen MR) is 87.2 cm³/mol. The Kier molecular flexibility index (Phi) is 3.18. The molecule has 0 amide bonds. The molecule has 0 bridgehead atoms. The molecule has 3 saturated carbocycles. The van der Waals surface area contributed by atoms with Gasteiger partial charge in [-0.25, -0.2) is 0 Å². The molecule has 2 heteroatoms. The maximum atomic E-state index is 12.4. The van der Waals surface area contributed by atoms with Gasteiger partial charge in [-0.3, -0.25) is 4.79 Å². The number of hydrogen-bond acceptors (Lipinski definition) is 2. The number of Topliss-reactive ketones (excluding diaryl/α,β-unsaturated/α-hetero) is 1. The number of carbonyl (C=O) groups is 1. The second kappa shape index (κ2) is 4.69. The molecule has 8 atom stereocenters. The van der Waals surface area contributed by atoms with E-state index >= 15 is 0 Å². The first-order valence-corrected chi connectivity index (χ1v) is 9.28. The van der Waals surface area contributed by atoms with E-state index in [-0.39, 0.29) is 16.9 Å². The van der Waals surface area contributed by atoms with Crippen molar-refractivity contribution < 1.29 is 9.90 Å². The van der Waals surface area contributed by atoms with E-state index in [1.807, 2.05) is 0 Å². The Hall–Kier alpha value is -0.630. The zero-order valence-corrected chi connectivity index (χ0v) is 14.2. The van der Waals surface area contributed by atoms with Gasteiger partial charge >= 0.3 is 0 Å². The van der Waals surface area contributed by atoms with Gasteiger partial charge in [0.25, 0.3) is 0 Å². The predicted octanol–water partition coefficient (Wildman–Crippen LogP) is 3.98. The summed E-state index contributed by atoms with van der Waals surface area (Å²) in [6.07, 6.45) is 10.8. The maximum Gasteiger partial charge on any atom is 0.139 e. The van der Waals surface area contributed by atoms with Gasteiger partial charge in [0.05, 0.1) is 6.10 Å². The smallest absolute Gasteiger partial charge is 0.139 e. The first-order valence-electron chi connectivity index (χ1n) is 9.28. The number of aliphatic hydroxyl groups excluding tert-OH is 1. The van der Waals surface area contributed by atoms with Crippen LogP contribution in [0.4, 0.5) is 0 Å². The minimum Gasteiger partial charge on any atom is -0.389 e. The van der Waals surface area contributed by atoms with Crippen LogP contribution in [0.3, 0.4) is 0 Å². The molecular weight excluding hydrogens is 272 g/mol. The Morgan fingerprint density at radius 2 is 1.86 bits per heavy atom. The van der Waals surface area contributed by atoms with Crippen molar-refractivity contribution in [3.63, 3.8) is 0 Å². The summed E-state index contributed by atoms with van der Waals surface area (Å²) in [7, 11) is 0. The maximum absolute atomic E-state index is 12.4. The first-order chi connectivity index (χ1) is 10.4. The number of allylic oxidation sites excluding steroid dienone is 1. The van der Waals surface area contributed by atoms with Gasteiger partial charge in [-0.1, -0.05) is 32.9 Å². The lowest BCUT2D eigenvalue weighted by Gasteiger charge is -2.59. The SMILES string of the molecule is CC1C(O)C=C[C@@]2(C)C1CC[C@@H]1[C@H]2CC[C@]2(C)C(=O)CC[C@@H]12. The summed E-state index contributed by atoms with van der Waals surface area (Å²) in [5.41, 5.74) is 0.211. The lowest BCUT2D eigenvalue weighted by molar-refractivity contribution is -0.136. The van der Waals surface area contributed by atoms with Crippen LogP contribution in [0.25, 0.3) is 0 Å². The molecule has 0 aliphatic heterocycles. The fourth-order valence-electron chi connectivity index (χ4n) is 6.99. The molecular formula is C20H30O2. The zero-order valence-electron chi connectivity index (χ0n) is 14.2. The van der Waals surface area contributed by atoms with Gasteiger partial charge in [-0.05, 0) is 67.1 Å². The Morgan fingerprint density at radius 3 is 2.64 bits per heavy atom. The van der Waals surface area contributed by atoms with E-state index in [9.17, 15) is 9.90 Å². The van der Waals surface area contributed by atoms with E-state index in [0.29, 0.717) is 29.5 Å². The molecule has 0 heterocycles. The van der Waals surface area contributed by atoms with Crippen molar-refractivity contribution in [3.05, 3.63) is 12.2 Å². The van der Waals surface area contributed by atoms with Crippen molar-refractivity contribution in [1.29, 1.82) is 0 Å². The topological polar surface area (TPSA) is 37.3 Å². The quantitative estimate of drug-likeness (QED) is 0.687. The van der Waals surface area contributed by atoms with Gasteiger partial charge in [0.15, 0.2) is 0 Å². The fourth-order valence-corrected chi connectivity index (χ4v) is 6.99. The summed E-state index contributed by atoms with van der Waals surface area (Å²) < 4.78 is 0. The number of rotatable bonds is 0. The highest BCUT2D eigenvalue weighted by molar-refractivity contribution is 5.87. The number of carbonyl (C=O) groups excluding carboxylic acids is 1. The van der Waals surface area contributed by atoms with Crippen molar-refractivity contribution in [2.24, 2.45) is 40.4 Å². The largest absolute Gasteiger partial charge is 0.389 e. The number of aliphatic hydroxyl groups is 1. The van der Waals surface area contributed by atoms with E-state index in [0.717, 1.165) is 25.2 Å². The van der Waals surface area contributed by atoms with Crippen molar-refractivity contribution >= 4 is 5.78 Å². The number of fused-ring (bicyclic) bond motifs is 5. The van der Waals surface area contributed by atoms with E-state index in [4.69, 9.17) is 0 Å². The number of ketones is 1. The van der Waals surface area contributed by atoms with Gasteiger partial charge in [-0.15, -0.1) is 0 Å². The van der Waals surface area contributed by atoms with Crippen LogP contribution in [0.5, 0.6) is 0 Å². The van der Waals surface area contributed by atoms with Crippen LogP contribution in [0.1, 0.15) is 59.3 Å². The minimum absolute atomic E-state index is 0.0200. The molecule has 4 rings (SSSR count). The minimum atomic E-state index is -0.267. The molecule has 2 nitrogen and oxygen atoms in total. The third kappa shape index (κ3) is 1.74.